The lowest BCUT2D eigenvalue weighted by Gasteiger charge is -1.96. The van der Waals surface area contributed by atoms with Crippen molar-refractivity contribution in [3.8, 4) is 17.5 Å². The molecule has 0 saturated carbocycles. The molecule has 0 saturated heterocycles. The fraction of sp³-hybridized carbons (Fsp3) is 0.118. The van der Waals surface area contributed by atoms with E-state index in [1.54, 1.807) is 6.07 Å². The lowest BCUT2D eigenvalue weighted by atomic mass is 10.1. The maximum absolute atomic E-state index is 9.16. The van der Waals surface area contributed by atoms with Crippen LogP contribution in [0.5, 0.6) is 0 Å². The molecule has 0 amide bonds. The summed E-state index contributed by atoms with van der Waals surface area (Å²) in [5, 5.41) is 13.2. The number of oxazole rings is 1. The molecule has 1 aromatic carbocycles. The third-order valence-electron chi connectivity index (χ3n) is 3.15. The quantitative estimate of drug-likeness (QED) is 0.584. The predicted octanol–water partition coefficient (Wildman–Crippen LogP) is 3.87. The van der Waals surface area contributed by atoms with Crippen LogP contribution < -0.4 is 5.43 Å². The highest BCUT2D eigenvalue weighted by Gasteiger charge is 2.13. The number of nitrogens with zero attached hydrogens (tertiary/aromatic N) is 3. The summed E-state index contributed by atoms with van der Waals surface area (Å²) < 4.78 is 10.9. The van der Waals surface area contributed by atoms with Crippen molar-refractivity contribution in [1.29, 1.82) is 5.26 Å². The van der Waals surface area contributed by atoms with Crippen molar-refractivity contribution in [2.24, 2.45) is 5.10 Å². The molecule has 0 aliphatic carbocycles. The second-order valence-electron chi connectivity index (χ2n) is 4.99. The minimum absolute atomic E-state index is 0.147. The third-order valence-corrected chi connectivity index (χ3v) is 3.15. The van der Waals surface area contributed by atoms with Crippen molar-refractivity contribution < 1.29 is 8.83 Å². The zero-order chi connectivity index (χ0) is 16.2. The van der Waals surface area contributed by atoms with Gasteiger partial charge in [0.15, 0.2) is 0 Å². The molecule has 3 rings (SSSR count). The maximum Gasteiger partial charge on any atom is 0.252 e. The maximum atomic E-state index is 9.16. The van der Waals surface area contributed by atoms with Gasteiger partial charge in [0, 0.05) is 5.56 Å². The van der Waals surface area contributed by atoms with Crippen LogP contribution in [0.1, 0.15) is 22.8 Å². The van der Waals surface area contributed by atoms with Crippen LogP contribution in [-0.2, 0) is 0 Å². The highest BCUT2D eigenvalue weighted by molar-refractivity contribution is 5.76. The molecule has 2 heterocycles. The van der Waals surface area contributed by atoms with Crippen molar-refractivity contribution in [2.75, 3.05) is 5.43 Å². The van der Waals surface area contributed by atoms with Crippen LogP contribution in [0.25, 0.3) is 11.5 Å². The Morgan fingerprint density at radius 2 is 1.91 bits per heavy atom. The molecule has 0 aliphatic rings. The van der Waals surface area contributed by atoms with Crippen molar-refractivity contribution >= 4 is 12.1 Å². The number of nitrogens with one attached hydrogen (secondary N) is 1. The van der Waals surface area contributed by atoms with E-state index < -0.39 is 0 Å². The van der Waals surface area contributed by atoms with Crippen molar-refractivity contribution in [1.82, 2.24) is 4.98 Å². The number of aryl methyl sites for hydroxylation is 2. The molecule has 0 spiro atoms. The Kier molecular flexibility index (Phi) is 3.93. The van der Waals surface area contributed by atoms with Crippen LogP contribution in [-0.4, -0.2) is 11.2 Å². The SMILES string of the molecule is Cc1ccc(-c2nc(C#N)c(NN=Cc3ccc(C)o3)o2)cc1. The highest BCUT2D eigenvalue weighted by Crippen LogP contribution is 2.25. The zero-order valence-electron chi connectivity index (χ0n) is 12.7. The van der Waals surface area contributed by atoms with Crippen LogP contribution in [0.15, 0.2) is 50.3 Å². The molecular formula is C17H14N4O2. The summed E-state index contributed by atoms with van der Waals surface area (Å²) in [5.41, 5.74) is 4.76. The predicted molar refractivity (Wildman–Crippen MR) is 86.1 cm³/mol. The van der Waals surface area contributed by atoms with E-state index >= 15 is 0 Å². The van der Waals surface area contributed by atoms with E-state index in [1.807, 2.05) is 50.2 Å². The molecule has 114 valence electrons. The van der Waals surface area contributed by atoms with Gasteiger partial charge in [-0.2, -0.15) is 15.3 Å². The number of nitriles is 1. The fourth-order valence-corrected chi connectivity index (χ4v) is 1.97. The van der Waals surface area contributed by atoms with Crippen LogP contribution in [0.2, 0.25) is 0 Å². The van der Waals surface area contributed by atoms with E-state index in [4.69, 9.17) is 14.1 Å². The van der Waals surface area contributed by atoms with E-state index in [-0.39, 0.29) is 11.6 Å². The number of benzene rings is 1. The largest absolute Gasteiger partial charge is 0.460 e. The van der Waals surface area contributed by atoms with E-state index in [9.17, 15) is 0 Å². The lowest BCUT2D eigenvalue weighted by Crippen LogP contribution is -1.90. The van der Waals surface area contributed by atoms with Gasteiger partial charge in [0.1, 0.15) is 17.6 Å². The average molecular weight is 306 g/mol. The molecule has 0 fully saturated rings. The smallest absolute Gasteiger partial charge is 0.252 e. The fourth-order valence-electron chi connectivity index (χ4n) is 1.97. The van der Waals surface area contributed by atoms with Gasteiger partial charge in [0.05, 0.1) is 6.21 Å². The second-order valence-corrected chi connectivity index (χ2v) is 4.99. The zero-order valence-corrected chi connectivity index (χ0v) is 12.7. The van der Waals surface area contributed by atoms with Gasteiger partial charge in [0.2, 0.25) is 11.6 Å². The van der Waals surface area contributed by atoms with Gasteiger partial charge in [-0.05, 0) is 38.1 Å². The molecule has 0 radical (unpaired) electrons. The number of furan rings is 1. The van der Waals surface area contributed by atoms with Crippen LogP contribution in [0.4, 0.5) is 5.88 Å². The van der Waals surface area contributed by atoms with Gasteiger partial charge in [0.25, 0.3) is 5.88 Å². The number of anilines is 1. The van der Waals surface area contributed by atoms with Crippen molar-refractivity contribution in [3.05, 3.63) is 59.2 Å². The first-order valence-corrected chi connectivity index (χ1v) is 6.99. The topological polar surface area (TPSA) is 87.4 Å². The molecule has 6 heteroatoms. The molecule has 0 unspecified atom stereocenters. The first-order chi connectivity index (χ1) is 11.2. The van der Waals surface area contributed by atoms with E-state index in [2.05, 4.69) is 15.5 Å². The molecule has 0 bridgehead atoms. The Morgan fingerprint density at radius 1 is 1.13 bits per heavy atom. The summed E-state index contributed by atoms with van der Waals surface area (Å²) in [5.74, 6) is 1.97. The third kappa shape index (κ3) is 3.30. The second kappa shape index (κ2) is 6.20. The van der Waals surface area contributed by atoms with Crippen LogP contribution in [0.3, 0.4) is 0 Å². The summed E-state index contributed by atoms with van der Waals surface area (Å²) in [7, 11) is 0. The molecule has 1 N–H and O–H groups in total. The summed E-state index contributed by atoms with van der Waals surface area (Å²) in [6.07, 6.45) is 1.50. The Morgan fingerprint density at radius 3 is 2.57 bits per heavy atom. The number of hydrogen-bond acceptors (Lipinski definition) is 6. The molecule has 3 aromatic rings. The van der Waals surface area contributed by atoms with Crippen molar-refractivity contribution in [3.63, 3.8) is 0 Å². The van der Waals surface area contributed by atoms with E-state index in [0.29, 0.717) is 11.7 Å². The number of aromatic nitrogens is 1. The van der Waals surface area contributed by atoms with Gasteiger partial charge >= 0.3 is 0 Å². The lowest BCUT2D eigenvalue weighted by molar-refractivity contribution is 0.528. The van der Waals surface area contributed by atoms with Gasteiger partial charge in [-0.1, -0.05) is 17.7 Å². The molecule has 23 heavy (non-hydrogen) atoms. The number of hydrogen-bond donors (Lipinski definition) is 1. The highest BCUT2D eigenvalue weighted by atomic mass is 16.4. The van der Waals surface area contributed by atoms with Gasteiger partial charge in [-0.25, -0.2) is 5.43 Å². The molecule has 6 nitrogen and oxygen atoms in total. The van der Waals surface area contributed by atoms with Gasteiger partial charge < -0.3 is 8.83 Å². The summed E-state index contributed by atoms with van der Waals surface area (Å²) >= 11 is 0. The monoisotopic (exact) mass is 306 g/mol. The summed E-state index contributed by atoms with van der Waals surface area (Å²) in [4.78, 5) is 4.17. The Labute approximate surface area is 133 Å². The van der Waals surface area contributed by atoms with E-state index in [0.717, 1.165) is 16.9 Å². The standard InChI is InChI=1S/C17H14N4O2/c1-11-3-6-13(7-4-11)16-20-15(9-18)17(23-16)21-19-10-14-8-5-12(2)22-14/h3-8,10,21H,1-2H3. The minimum atomic E-state index is 0.147. The van der Waals surface area contributed by atoms with Crippen LogP contribution >= 0.6 is 0 Å². The van der Waals surface area contributed by atoms with Gasteiger partial charge in [-0.3, -0.25) is 0 Å². The summed E-state index contributed by atoms with van der Waals surface area (Å²) in [6, 6.07) is 13.3. The van der Waals surface area contributed by atoms with Gasteiger partial charge in [-0.15, -0.1) is 0 Å². The molecule has 2 aromatic heterocycles. The van der Waals surface area contributed by atoms with E-state index in [1.165, 1.54) is 6.21 Å². The summed E-state index contributed by atoms with van der Waals surface area (Å²) in [6.45, 7) is 3.85. The Hall–Kier alpha value is -3.33. The minimum Gasteiger partial charge on any atom is -0.460 e. The Balaban J connectivity index is 1.81. The average Bonchev–Trinajstić information content (AvgIpc) is 3.14. The number of rotatable bonds is 4. The molecular weight excluding hydrogens is 292 g/mol. The first-order valence-electron chi connectivity index (χ1n) is 6.99. The number of hydrazone groups is 1. The first kappa shape index (κ1) is 14.6. The molecule has 0 aliphatic heterocycles. The Bertz CT molecular complexity index is 882. The molecule has 0 atom stereocenters. The van der Waals surface area contributed by atoms with Crippen molar-refractivity contribution in [2.45, 2.75) is 13.8 Å². The van der Waals surface area contributed by atoms with Crippen LogP contribution in [0, 0.1) is 25.2 Å². The normalized spacial score (nSPS) is 10.8.